The molecule has 200 valence electrons. The molecule has 0 atom stereocenters. The van der Waals surface area contributed by atoms with Crippen LogP contribution in [-0.4, -0.2) is 22.9 Å². The molecule has 0 spiro atoms. The molecule has 8 rings (SSSR count). The summed E-state index contributed by atoms with van der Waals surface area (Å²) in [5.41, 5.74) is 7.52. The van der Waals surface area contributed by atoms with E-state index in [1.54, 1.807) is 0 Å². The van der Waals surface area contributed by atoms with Gasteiger partial charge >= 0.3 is 7.12 Å². The molecular formula is C36H30BNO3. The number of fused-ring (bicyclic) bond motifs is 6. The summed E-state index contributed by atoms with van der Waals surface area (Å²) in [5.74, 6) is 0. The van der Waals surface area contributed by atoms with Crippen LogP contribution in [0.4, 0.5) is 0 Å². The molecule has 5 aromatic carbocycles. The van der Waals surface area contributed by atoms with Crippen LogP contribution in [-0.2, 0) is 9.31 Å². The van der Waals surface area contributed by atoms with Gasteiger partial charge < -0.3 is 18.3 Å². The lowest BCUT2D eigenvalue weighted by Gasteiger charge is -2.32. The second-order valence-electron chi connectivity index (χ2n) is 12.0. The van der Waals surface area contributed by atoms with Gasteiger partial charge in [-0.25, -0.2) is 0 Å². The average Bonchev–Trinajstić information content (AvgIpc) is 3.59. The predicted octanol–water partition coefficient (Wildman–Crippen LogP) is 8.65. The monoisotopic (exact) mass is 535 g/mol. The highest BCUT2D eigenvalue weighted by Gasteiger charge is 2.52. The first-order valence-electron chi connectivity index (χ1n) is 14.2. The highest BCUT2D eigenvalue weighted by Crippen LogP contribution is 2.42. The second kappa shape index (κ2) is 8.59. The van der Waals surface area contributed by atoms with E-state index in [9.17, 15) is 0 Å². The third kappa shape index (κ3) is 3.49. The molecule has 0 unspecified atom stereocenters. The van der Waals surface area contributed by atoms with Gasteiger partial charge in [0.1, 0.15) is 11.2 Å². The van der Waals surface area contributed by atoms with Gasteiger partial charge in [-0.1, -0.05) is 78.9 Å². The first-order chi connectivity index (χ1) is 19.8. The van der Waals surface area contributed by atoms with Gasteiger partial charge in [0.05, 0.1) is 27.9 Å². The minimum Gasteiger partial charge on any atom is -0.456 e. The Hall–Kier alpha value is -4.32. The van der Waals surface area contributed by atoms with Crippen molar-refractivity contribution in [2.75, 3.05) is 0 Å². The minimum absolute atomic E-state index is 0.439. The van der Waals surface area contributed by atoms with Gasteiger partial charge in [0.2, 0.25) is 0 Å². The summed E-state index contributed by atoms with van der Waals surface area (Å²) in [6.45, 7) is 8.37. The molecule has 7 aromatic rings. The summed E-state index contributed by atoms with van der Waals surface area (Å²) in [7, 11) is -0.495. The number of hydrogen-bond acceptors (Lipinski definition) is 3. The van der Waals surface area contributed by atoms with Crippen LogP contribution in [0.1, 0.15) is 27.7 Å². The molecule has 1 aliphatic rings. The smallest absolute Gasteiger partial charge is 0.456 e. The van der Waals surface area contributed by atoms with E-state index < -0.39 is 18.3 Å². The van der Waals surface area contributed by atoms with Crippen molar-refractivity contribution in [3.8, 4) is 16.8 Å². The molecule has 0 saturated carbocycles. The van der Waals surface area contributed by atoms with E-state index >= 15 is 0 Å². The van der Waals surface area contributed by atoms with Crippen LogP contribution < -0.4 is 5.46 Å². The SMILES string of the molecule is CC1(C)OB(c2cccc3oc4cccc(-c5ccccc5-n5c6ccccc6c6ccccc65)c4c23)OC1(C)C. The molecular weight excluding hydrogens is 505 g/mol. The van der Waals surface area contributed by atoms with E-state index in [-0.39, 0.29) is 0 Å². The lowest BCUT2D eigenvalue weighted by atomic mass is 9.76. The predicted molar refractivity (Wildman–Crippen MR) is 169 cm³/mol. The van der Waals surface area contributed by atoms with E-state index in [0.29, 0.717) is 0 Å². The summed E-state index contributed by atoms with van der Waals surface area (Å²) in [5, 5.41) is 4.59. The van der Waals surface area contributed by atoms with E-state index in [0.717, 1.165) is 44.2 Å². The summed E-state index contributed by atoms with van der Waals surface area (Å²) < 4.78 is 21.9. The van der Waals surface area contributed by atoms with Gasteiger partial charge in [-0.05, 0) is 69.1 Å². The Balaban J connectivity index is 1.42. The van der Waals surface area contributed by atoms with E-state index in [4.69, 9.17) is 13.7 Å². The first kappa shape index (κ1) is 24.5. The highest BCUT2D eigenvalue weighted by molar-refractivity contribution is 6.66. The van der Waals surface area contributed by atoms with Crippen molar-refractivity contribution in [1.29, 1.82) is 0 Å². The van der Waals surface area contributed by atoms with Crippen molar-refractivity contribution in [3.63, 3.8) is 0 Å². The molecule has 3 heterocycles. The van der Waals surface area contributed by atoms with Crippen LogP contribution in [0.5, 0.6) is 0 Å². The fraction of sp³-hybridized carbons (Fsp3) is 0.167. The molecule has 5 heteroatoms. The number of furan rings is 1. The van der Waals surface area contributed by atoms with Crippen LogP contribution >= 0.6 is 0 Å². The molecule has 1 fully saturated rings. The molecule has 41 heavy (non-hydrogen) atoms. The molecule has 0 amide bonds. The molecule has 4 nitrogen and oxygen atoms in total. The van der Waals surface area contributed by atoms with Gasteiger partial charge in [-0.15, -0.1) is 0 Å². The topological polar surface area (TPSA) is 36.5 Å². The summed E-state index contributed by atoms with van der Waals surface area (Å²) in [4.78, 5) is 0. The fourth-order valence-corrected chi connectivity index (χ4v) is 6.36. The summed E-state index contributed by atoms with van der Waals surface area (Å²) >= 11 is 0. The maximum absolute atomic E-state index is 6.53. The molecule has 0 aliphatic carbocycles. The molecule has 0 bridgehead atoms. The van der Waals surface area contributed by atoms with Gasteiger partial charge in [0.15, 0.2) is 0 Å². The van der Waals surface area contributed by atoms with E-state index in [2.05, 4.69) is 129 Å². The van der Waals surface area contributed by atoms with Crippen molar-refractivity contribution in [3.05, 3.63) is 109 Å². The van der Waals surface area contributed by atoms with Crippen molar-refractivity contribution in [2.45, 2.75) is 38.9 Å². The zero-order valence-corrected chi connectivity index (χ0v) is 23.6. The van der Waals surface area contributed by atoms with Gasteiger partial charge in [0.25, 0.3) is 0 Å². The van der Waals surface area contributed by atoms with Crippen LogP contribution in [0.15, 0.2) is 114 Å². The molecule has 0 radical (unpaired) electrons. The van der Waals surface area contributed by atoms with Crippen LogP contribution in [0.25, 0.3) is 60.6 Å². The van der Waals surface area contributed by atoms with E-state index in [1.165, 1.54) is 21.8 Å². The van der Waals surface area contributed by atoms with Crippen molar-refractivity contribution >= 4 is 56.3 Å². The third-order valence-corrected chi connectivity index (χ3v) is 9.08. The number of aromatic nitrogens is 1. The molecule has 0 N–H and O–H groups in total. The van der Waals surface area contributed by atoms with E-state index in [1.807, 2.05) is 12.1 Å². The number of hydrogen-bond donors (Lipinski definition) is 0. The van der Waals surface area contributed by atoms with Crippen molar-refractivity contribution in [2.24, 2.45) is 0 Å². The second-order valence-corrected chi connectivity index (χ2v) is 12.0. The Labute approximate surface area is 239 Å². The van der Waals surface area contributed by atoms with Gasteiger partial charge in [-0.2, -0.15) is 0 Å². The standard InChI is InChI=1S/C36H30BNO3/c1-35(2)36(3,4)41-37(40-35)27-17-12-22-32-34(27)33-26(16-11-21-31(33)39-32)25-15-7-10-20-30(25)38-28-18-8-5-13-23(28)24-14-6-9-19-29(24)38/h5-22H,1-4H3. The minimum atomic E-state index is -0.495. The van der Waals surface area contributed by atoms with Gasteiger partial charge in [-0.3, -0.25) is 0 Å². The quantitative estimate of drug-likeness (QED) is 0.213. The zero-order chi connectivity index (χ0) is 27.9. The van der Waals surface area contributed by atoms with Crippen LogP contribution in [0, 0.1) is 0 Å². The number of nitrogens with zero attached hydrogens (tertiary/aromatic N) is 1. The lowest BCUT2D eigenvalue weighted by Crippen LogP contribution is -2.41. The number of para-hydroxylation sites is 3. The zero-order valence-electron chi connectivity index (χ0n) is 23.6. The largest absolute Gasteiger partial charge is 0.495 e. The molecule has 1 saturated heterocycles. The maximum Gasteiger partial charge on any atom is 0.495 e. The average molecular weight is 535 g/mol. The highest BCUT2D eigenvalue weighted by atomic mass is 16.7. The van der Waals surface area contributed by atoms with Crippen LogP contribution in [0.3, 0.4) is 0 Å². The Bertz CT molecular complexity index is 2060. The number of benzene rings is 5. The normalized spacial score (nSPS) is 16.4. The maximum atomic E-state index is 6.53. The summed E-state index contributed by atoms with van der Waals surface area (Å²) in [6, 6.07) is 38.4. The number of rotatable bonds is 3. The first-order valence-corrected chi connectivity index (χ1v) is 14.2. The van der Waals surface area contributed by atoms with Crippen molar-refractivity contribution < 1.29 is 13.7 Å². The van der Waals surface area contributed by atoms with Gasteiger partial charge in [0, 0.05) is 27.1 Å². The third-order valence-electron chi connectivity index (χ3n) is 9.08. The Kier molecular flexibility index (Phi) is 5.13. The Morgan fingerprint density at radius 3 is 1.76 bits per heavy atom. The fourth-order valence-electron chi connectivity index (χ4n) is 6.36. The lowest BCUT2D eigenvalue weighted by molar-refractivity contribution is 0.00578. The molecule has 2 aromatic heterocycles. The van der Waals surface area contributed by atoms with Crippen molar-refractivity contribution in [1.82, 2.24) is 4.57 Å². The molecule has 1 aliphatic heterocycles. The summed E-state index contributed by atoms with van der Waals surface area (Å²) in [6.07, 6.45) is 0. The Morgan fingerprint density at radius 2 is 1.07 bits per heavy atom. The Morgan fingerprint density at radius 1 is 0.537 bits per heavy atom. The van der Waals surface area contributed by atoms with Crippen LogP contribution in [0.2, 0.25) is 0 Å².